The van der Waals surface area contributed by atoms with Crippen molar-refractivity contribution in [1.29, 1.82) is 0 Å². The van der Waals surface area contributed by atoms with Crippen LogP contribution >= 0.6 is 0 Å². The average molecular weight is 214 g/mol. The molecule has 0 radical (unpaired) electrons. The van der Waals surface area contributed by atoms with Crippen LogP contribution in [0.25, 0.3) is 22.6 Å². The van der Waals surface area contributed by atoms with Crippen LogP contribution in [-0.2, 0) is 0 Å². The van der Waals surface area contributed by atoms with Crippen molar-refractivity contribution in [3.05, 3.63) is 30.0 Å². The second-order valence-electron chi connectivity index (χ2n) is 3.69. The number of aryl methyl sites for hydroxylation is 1. The molecule has 0 saturated carbocycles. The summed E-state index contributed by atoms with van der Waals surface area (Å²) in [7, 11) is 0. The van der Waals surface area contributed by atoms with Crippen LogP contribution in [0.1, 0.15) is 5.69 Å². The number of nitrogens with zero attached hydrogens (tertiary/aromatic N) is 2. The lowest BCUT2D eigenvalue weighted by atomic mass is 10.3. The zero-order valence-corrected chi connectivity index (χ0v) is 8.65. The number of aromatic nitrogens is 4. The summed E-state index contributed by atoms with van der Waals surface area (Å²) in [5.41, 5.74) is 3.08. The van der Waals surface area contributed by atoms with Gasteiger partial charge in [-0.3, -0.25) is 5.10 Å². The van der Waals surface area contributed by atoms with Crippen molar-refractivity contribution in [2.75, 3.05) is 0 Å². The number of aromatic amines is 2. The number of hydrogen-bond acceptors (Lipinski definition) is 3. The second kappa shape index (κ2) is 3.10. The monoisotopic (exact) mass is 214 g/mol. The summed E-state index contributed by atoms with van der Waals surface area (Å²) in [6.45, 7) is 1.93. The molecule has 5 heteroatoms. The molecule has 80 valence electrons. The zero-order chi connectivity index (χ0) is 11.1. The molecule has 0 aliphatic heterocycles. The molecule has 0 bridgehead atoms. The van der Waals surface area contributed by atoms with E-state index >= 15 is 0 Å². The van der Waals surface area contributed by atoms with Crippen LogP contribution in [0.15, 0.2) is 24.3 Å². The average Bonchev–Trinajstić information content (AvgIpc) is 2.84. The first kappa shape index (κ1) is 8.96. The first-order valence-electron chi connectivity index (χ1n) is 4.94. The molecule has 3 N–H and O–H groups in total. The standard InChI is InChI=1S/C11H10N4O/c1-6-5-8(15-14-6)11-12-7-3-2-4-9(16)10(7)13-11/h2-5,16H,1H3,(H,12,13)(H,14,15). The SMILES string of the molecule is Cc1cc(-c2nc3c(O)cccc3[nH]2)n[nH]1. The molecule has 16 heavy (non-hydrogen) atoms. The smallest absolute Gasteiger partial charge is 0.159 e. The molecule has 0 atom stereocenters. The van der Waals surface area contributed by atoms with E-state index in [1.54, 1.807) is 12.1 Å². The fourth-order valence-corrected chi connectivity index (χ4v) is 1.68. The fraction of sp³-hybridized carbons (Fsp3) is 0.0909. The minimum Gasteiger partial charge on any atom is -0.506 e. The van der Waals surface area contributed by atoms with Crippen molar-refractivity contribution < 1.29 is 5.11 Å². The fourth-order valence-electron chi connectivity index (χ4n) is 1.68. The van der Waals surface area contributed by atoms with Crippen LogP contribution in [-0.4, -0.2) is 25.3 Å². The van der Waals surface area contributed by atoms with E-state index in [4.69, 9.17) is 0 Å². The number of rotatable bonds is 1. The molecule has 0 amide bonds. The summed E-state index contributed by atoms with van der Waals surface area (Å²) in [6.07, 6.45) is 0. The van der Waals surface area contributed by atoms with E-state index in [0.29, 0.717) is 11.3 Å². The first-order chi connectivity index (χ1) is 7.74. The van der Waals surface area contributed by atoms with Crippen molar-refractivity contribution in [2.24, 2.45) is 0 Å². The van der Waals surface area contributed by atoms with Gasteiger partial charge < -0.3 is 10.1 Å². The lowest BCUT2D eigenvalue weighted by molar-refractivity contribution is 0.480. The lowest BCUT2D eigenvalue weighted by Gasteiger charge is -1.89. The molecule has 0 saturated heterocycles. The maximum Gasteiger partial charge on any atom is 0.159 e. The van der Waals surface area contributed by atoms with Crippen LogP contribution in [0.3, 0.4) is 0 Å². The molecule has 1 aromatic carbocycles. The summed E-state index contributed by atoms with van der Waals surface area (Å²) in [5.74, 6) is 0.827. The third-order valence-corrected chi connectivity index (χ3v) is 2.44. The second-order valence-corrected chi connectivity index (χ2v) is 3.69. The highest BCUT2D eigenvalue weighted by Gasteiger charge is 2.09. The van der Waals surface area contributed by atoms with Gasteiger partial charge in [0.25, 0.3) is 0 Å². The zero-order valence-electron chi connectivity index (χ0n) is 8.65. The predicted octanol–water partition coefficient (Wildman–Crippen LogP) is 1.97. The van der Waals surface area contributed by atoms with Gasteiger partial charge in [-0.1, -0.05) is 6.07 Å². The number of benzene rings is 1. The minimum atomic E-state index is 0.173. The molecule has 5 nitrogen and oxygen atoms in total. The van der Waals surface area contributed by atoms with Crippen LogP contribution in [0.2, 0.25) is 0 Å². The Bertz CT molecular complexity index is 653. The van der Waals surface area contributed by atoms with Crippen molar-refractivity contribution in [3.8, 4) is 17.3 Å². The molecule has 0 fully saturated rings. The number of nitrogens with one attached hydrogen (secondary N) is 2. The third-order valence-electron chi connectivity index (χ3n) is 2.44. The summed E-state index contributed by atoms with van der Waals surface area (Å²) >= 11 is 0. The number of para-hydroxylation sites is 1. The van der Waals surface area contributed by atoms with Crippen LogP contribution in [0, 0.1) is 6.92 Å². The van der Waals surface area contributed by atoms with E-state index in [1.165, 1.54) is 0 Å². The van der Waals surface area contributed by atoms with Crippen molar-refractivity contribution in [3.63, 3.8) is 0 Å². The Morgan fingerprint density at radius 3 is 2.88 bits per heavy atom. The molecule has 2 aromatic heterocycles. The Kier molecular flexibility index (Phi) is 1.73. The summed E-state index contributed by atoms with van der Waals surface area (Å²) < 4.78 is 0. The van der Waals surface area contributed by atoms with Crippen molar-refractivity contribution in [2.45, 2.75) is 6.92 Å². The Labute approximate surface area is 91.2 Å². The summed E-state index contributed by atoms with van der Waals surface area (Å²) in [5, 5.41) is 16.6. The lowest BCUT2D eigenvalue weighted by Crippen LogP contribution is -1.79. The molecule has 2 heterocycles. The van der Waals surface area contributed by atoms with Crippen LogP contribution < -0.4 is 0 Å². The highest BCUT2D eigenvalue weighted by molar-refractivity contribution is 5.84. The van der Waals surface area contributed by atoms with Gasteiger partial charge in [0.15, 0.2) is 5.82 Å². The van der Waals surface area contributed by atoms with Gasteiger partial charge in [0.1, 0.15) is 17.0 Å². The van der Waals surface area contributed by atoms with Gasteiger partial charge >= 0.3 is 0 Å². The topological polar surface area (TPSA) is 77.6 Å². The summed E-state index contributed by atoms with van der Waals surface area (Å²) in [4.78, 5) is 7.42. The molecular weight excluding hydrogens is 204 g/mol. The van der Waals surface area contributed by atoms with E-state index in [2.05, 4.69) is 20.2 Å². The number of phenols is 1. The maximum absolute atomic E-state index is 9.63. The van der Waals surface area contributed by atoms with Gasteiger partial charge in [-0.15, -0.1) is 0 Å². The molecule has 0 unspecified atom stereocenters. The number of phenolic OH excluding ortho intramolecular Hbond substituents is 1. The first-order valence-corrected chi connectivity index (χ1v) is 4.94. The van der Waals surface area contributed by atoms with Gasteiger partial charge in [0.2, 0.25) is 0 Å². The van der Waals surface area contributed by atoms with Crippen LogP contribution in [0.4, 0.5) is 0 Å². The third kappa shape index (κ3) is 1.25. The van der Waals surface area contributed by atoms with Crippen molar-refractivity contribution in [1.82, 2.24) is 20.2 Å². The quantitative estimate of drug-likeness (QED) is 0.579. The molecule has 0 aliphatic rings. The number of imidazole rings is 1. The normalized spacial score (nSPS) is 11.1. The largest absolute Gasteiger partial charge is 0.506 e. The van der Waals surface area contributed by atoms with Gasteiger partial charge in [0, 0.05) is 5.69 Å². The van der Waals surface area contributed by atoms with E-state index in [-0.39, 0.29) is 5.75 Å². The maximum atomic E-state index is 9.63. The van der Waals surface area contributed by atoms with E-state index in [9.17, 15) is 5.11 Å². The highest BCUT2D eigenvalue weighted by Crippen LogP contribution is 2.25. The molecule has 3 rings (SSSR count). The molecule has 3 aromatic rings. The molecule has 0 spiro atoms. The van der Waals surface area contributed by atoms with Gasteiger partial charge in [-0.05, 0) is 25.1 Å². The predicted molar refractivity (Wildman–Crippen MR) is 60.1 cm³/mol. The van der Waals surface area contributed by atoms with Crippen LogP contribution in [0.5, 0.6) is 5.75 Å². The Morgan fingerprint density at radius 1 is 1.31 bits per heavy atom. The Hall–Kier alpha value is -2.30. The van der Waals surface area contributed by atoms with E-state index in [1.807, 2.05) is 19.1 Å². The number of H-pyrrole nitrogens is 2. The Balaban J connectivity index is 2.22. The number of aromatic hydroxyl groups is 1. The summed E-state index contributed by atoms with van der Waals surface area (Å²) in [6, 6.07) is 7.15. The van der Waals surface area contributed by atoms with Gasteiger partial charge in [-0.25, -0.2) is 4.98 Å². The number of fused-ring (bicyclic) bond motifs is 1. The molecule has 0 aliphatic carbocycles. The van der Waals surface area contributed by atoms with Gasteiger partial charge in [0.05, 0.1) is 5.52 Å². The highest BCUT2D eigenvalue weighted by atomic mass is 16.3. The van der Waals surface area contributed by atoms with Crippen molar-refractivity contribution >= 4 is 11.0 Å². The minimum absolute atomic E-state index is 0.173. The van der Waals surface area contributed by atoms with Gasteiger partial charge in [-0.2, -0.15) is 5.10 Å². The van der Waals surface area contributed by atoms with E-state index in [0.717, 1.165) is 16.9 Å². The van der Waals surface area contributed by atoms with E-state index < -0.39 is 0 Å². The Morgan fingerprint density at radius 2 is 2.19 bits per heavy atom. The molecular formula is C11H10N4O. The number of hydrogen-bond donors (Lipinski definition) is 3.